The van der Waals surface area contributed by atoms with E-state index >= 15 is 0 Å². The lowest BCUT2D eigenvalue weighted by Gasteiger charge is -2.12. The van der Waals surface area contributed by atoms with Gasteiger partial charge in [-0.05, 0) is 37.5 Å². The van der Waals surface area contributed by atoms with Gasteiger partial charge in [0.15, 0.2) is 0 Å². The van der Waals surface area contributed by atoms with Crippen molar-refractivity contribution < 1.29 is 0 Å². The molecule has 0 spiro atoms. The van der Waals surface area contributed by atoms with Gasteiger partial charge in [0, 0.05) is 6.04 Å². The Kier molecular flexibility index (Phi) is 6.77. The Balaban J connectivity index is 3.35. The van der Waals surface area contributed by atoms with Crippen LogP contribution in [0.5, 0.6) is 0 Å². The Morgan fingerprint density at radius 1 is 1.64 bits per heavy atom. The molecule has 0 saturated heterocycles. The van der Waals surface area contributed by atoms with E-state index in [2.05, 4.69) is 32.0 Å². The Morgan fingerprint density at radius 3 is 2.73 bits per heavy atom. The van der Waals surface area contributed by atoms with Gasteiger partial charge in [-0.15, -0.1) is 11.8 Å². The highest BCUT2D eigenvalue weighted by atomic mass is 32.2. The van der Waals surface area contributed by atoms with Gasteiger partial charge in [-0.1, -0.05) is 13.5 Å². The van der Waals surface area contributed by atoms with Crippen molar-refractivity contribution in [1.82, 2.24) is 5.32 Å². The molecule has 1 unspecified atom stereocenters. The monoisotopic (exact) mass is 173 g/mol. The van der Waals surface area contributed by atoms with Gasteiger partial charge in [-0.2, -0.15) is 0 Å². The van der Waals surface area contributed by atoms with Gasteiger partial charge in [-0.25, -0.2) is 0 Å². The summed E-state index contributed by atoms with van der Waals surface area (Å²) in [5.41, 5.74) is 0. The molecule has 0 aliphatic carbocycles. The van der Waals surface area contributed by atoms with E-state index < -0.39 is 0 Å². The van der Waals surface area contributed by atoms with Crippen LogP contribution in [0.25, 0.3) is 0 Å². The summed E-state index contributed by atoms with van der Waals surface area (Å²) in [7, 11) is 0. The number of rotatable bonds is 6. The fraction of sp³-hybridized carbons (Fsp3) is 0.778. The molecule has 0 saturated carbocycles. The lowest BCUT2D eigenvalue weighted by molar-refractivity contribution is 0.549. The number of thioether (sulfide) groups is 1. The summed E-state index contributed by atoms with van der Waals surface area (Å²) in [6, 6.07) is 0.579. The minimum Gasteiger partial charge on any atom is -0.314 e. The Bertz CT molecular complexity index is 112. The highest BCUT2D eigenvalue weighted by Crippen LogP contribution is 2.14. The van der Waals surface area contributed by atoms with Crippen LogP contribution >= 0.6 is 11.8 Å². The van der Waals surface area contributed by atoms with Crippen LogP contribution in [0.1, 0.15) is 26.7 Å². The quantitative estimate of drug-likeness (QED) is 0.662. The molecule has 0 aromatic rings. The fourth-order valence-corrected chi connectivity index (χ4v) is 1.30. The first-order valence-electron chi connectivity index (χ1n) is 4.15. The maximum absolute atomic E-state index is 3.94. The van der Waals surface area contributed by atoms with Crippen LogP contribution < -0.4 is 5.32 Å². The van der Waals surface area contributed by atoms with Crippen LogP contribution in [0, 0.1) is 0 Å². The SMILES string of the molecule is C=C(CC(C)NCCC)SC. The van der Waals surface area contributed by atoms with E-state index in [0.29, 0.717) is 6.04 Å². The Morgan fingerprint density at radius 2 is 2.27 bits per heavy atom. The van der Waals surface area contributed by atoms with Gasteiger partial charge in [0.05, 0.1) is 0 Å². The first-order chi connectivity index (χ1) is 5.20. The average Bonchev–Trinajstić information content (AvgIpc) is 2.00. The zero-order valence-corrected chi connectivity index (χ0v) is 8.63. The lowest BCUT2D eigenvalue weighted by Crippen LogP contribution is -2.26. The minimum atomic E-state index is 0.579. The molecule has 0 aromatic heterocycles. The van der Waals surface area contributed by atoms with Gasteiger partial charge in [0.1, 0.15) is 0 Å². The molecule has 0 amide bonds. The molecule has 0 heterocycles. The molecule has 1 atom stereocenters. The van der Waals surface area contributed by atoms with Crippen molar-refractivity contribution in [1.29, 1.82) is 0 Å². The molecule has 2 heteroatoms. The largest absolute Gasteiger partial charge is 0.314 e. The molecule has 0 radical (unpaired) electrons. The third-order valence-corrected chi connectivity index (χ3v) is 2.31. The number of hydrogen-bond donors (Lipinski definition) is 1. The molecule has 0 aromatic carbocycles. The third kappa shape index (κ3) is 6.45. The van der Waals surface area contributed by atoms with Crippen LogP contribution in [0.4, 0.5) is 0 Å². The highest BCUT2D eigenvalue weighted by Gasteiger charge is 2.00. The van der Waals surface area contributed by atoms with Crippen molar-refractivity contribution in [2.24, 2.45) is 0 Å². The number of nitrogens with one attached hydrogen (secondary N) is 1. The van der Waals surface area contributed by atoms with Crippen LogP contribution in [-0.2, 0) is 0 Å². The van der Waals surface area contributed by atoms with Crippen molar-refractivity contribution in [3.8, 4) is 0 Å². The van der Waals surface area contributed by atoms with Gasteiger partial charge in [0.2, 0.25) is 0 Å². The highest BCUT2D eigenvalue weighted by molar-refractivity contribution is 8.02. The van der Waals surface area contributed by atoms with Gasteiger partial charge < -0.3 is 5.32 Å². The Hall–Kier alpha value is 0.0500. The first kappa shape index (κ1) is 11.1. The van der Waals surface area contributed by atoms with Crippen LogP contribution in [0.3, 0.4) is 0 Å². The van der Waals surface area contributed by atoms with Crippen LogP contribution in [0.2, 0.25) is 0 Å². The topological polar surface area (TPSA) is 12.0 Å². The van der Waals surface area contributed by atoms with Crippen LogP contribution in [0.15, 0.2) is 11.5 Å². The lowest BCUT2D eigenvalue weighted by atomic mass is 10.2. The Labute approximate surface area is 74.6 Å². The second-order valence-electron chi connectivity index (χ2n) is 2.80. The third-order valence-electron chi connectivity index (χ3n) is 1.57. The van der Waals surface area contributed by atoms with Gasteiger partial charge in [0.25, 0.3) is 0 Å². The van der Waals surface area contributed by atoms with E-state index in [-0.39, 0.29) is 0 Å². The number of hydrogen-bond acceptors (Lipinski definition) is 2. The van der Waals surface area contributed by atoms with E-state index in [9.17, 15) is 0 Å². The van der Waals surface area contributed by atoms with E-state index in [1.165, 1.54) is 11.3 Å². The second-order valence-corrected chi connectivity index (χ2v) is 3.79. The van der Waals surface area contributed by atoms with Crippen molar-refractivity contribution in [3.05, 3.63) is 11.5 Å². The molecule has 1 nitrogen and oxygen atoms in total. The molecule has 11 heavy (non-hydrogen) atoms. The van der Waals surface area contributed by atoms with Gasteiger partial charge >= 0.3 is 0 Å². The average molecular weight is 173 g/mol. The van der Waals surface area contributed by atoms with E-state index in [4.69, 9.17) is 0 Å². The molecule has 0 aliphatic rings. The maximum Gasteiger partial charge on any atom is 0.00839 e. The molecule has 66 valence electrons. The van der Waals surface area contributed by atoms with Crippen LogP contribution in [-0.4, -0.2) is 18.8 Å². The molecule has 1 N–H and O–H groups in total. The molecule has 0 fully saturated rings. The first-order valence-corrected chi connectivity index (χ1v) is 5.38. The molecule has 0 rings (SSSR count). The summed E-state index contributed by atoms with van der Waals surface area (Å²) >= 11 is 1.75. The van der Waals surface area contributed by atoms with E-state index in [0.717, 1.165) is 13.0 Å². The summed E-state index contributed by atoms with van der Waals surface area (Å²) < 4.78 is 0. The van der Waals surface area contributed by atoms with E-state index in [1.807, 2.05) is 0 Å². The van der Waals surface area contributed by atoms with Gasteiger partial charge in [-0.3, -0.25) is 0 Å². The summed E-state index contributed by atoms with van der Waals surface area (Å²) in [6.07, 6.45) is 4.37. The summed E-state index contributed by atoms with van der Waals surface area (Å²) in [5, 5.41) is 3.42. The van der Waals surface area contributed by atoms with Crippen molar-refractivity contribution >= 4 is 11.8 Å². The predicted octanol–water partition coefficient (Wildman–Crippen LogP) is 2.64. The predicted molar refractivity (Wildman–Crippen MR) is 55.0 cm³/mol. The van der Waals surface area contributed by atoms with Crippen molar-refractivity contribution in [2.75, 3.05) is 12.8 Å². The molecular weight excluding hydrogens is 154 g/mol. The van der Waals surface area contributed by atoms with E-state index in [1.54, 1.807) is 11.8 Å². The molecule has 0 aliphatic heterocycles. The molecule has 0 bridgehead atoms. The van der Waals surface area contributed by atoms with Crippen molar-refractivity contribution in [2.45, 2.75) is 32.7 Å². The summed E-state index contributed by atoms with van der Waals surface area (Å²) in [5.74, 6) is 0. The maximum atomic E-state index is 3.94. The normalized spacial score (nSPS) is 13.0. The standard InChI is InChI=1S/C9H19NS/c1-5-6-10-8(2)7-9(3)11-4/h8,10H,3,5-7H2,1-2,4H3. The zero-order chi connectivity index (χ0) is 8.69. The summed E-state index contributed by atoms with van der Waals surface area (Å²) in [6.45, 7) is 9.45. The zero-order valence-electron chi connectivity index (χ0n) is 7.81. The fourth-order valence-electron chi connectivity index (χ4n) is 0.888. The van der Waals surface area contributed by atoms with Crippen molar-refractivity contribution in [3.63, 3.8) is 0 Å². The smallest absolute Gasteiger partial charge is 0.00839 e. The summed E-state index contributed by atoms with van der Waals surface area (Å²) in [4.78, 5) is 1.26. The molecular formula is C9H19NS. The second kappa shape index (κ2) is 6.74. The minimum absolute atomic E-state index is 0.579.